The fourth-order valence-electron chi connectivity index (χ4n) is 4.57. The van der Waals surface area contributed by atoms with Crippen molar-refractivity contribution in [2.24, 2.45) is 4.99 Å². The molecule has 2 aliphatic rings. The number of thioether (sulfide) groups is 1. The Balaban J connectivity index is 1.71. The number of aromatic nitrogens is 1. The smallest absolute Gasteiger partial charge is 0.345 e. The Kier molecular flexibility index (Phi) is 5.93. The SMILES string of the molecule is COC(=O)C1(N=CN2CCCCC2)Cc2c(n(-c3ccccc3Cl)c(=O)c3ccccc23)S1. The van der Waals surface area contributed by atoms with Crippen LogP contribution in [0.15, 0.2) is 63.3 Å². The number of piperidine rings is 1. The molecule has 0 N–H and O–H groups in total. The number of halogens is 1. The fraction of sp³-hybridized carbons (Fsp3) is 0.320. The average molecular weight is 482 g/mol. The van der Waals surface area contributed by atoms with E-state index in [-0.39, 0.29) is 5.56 Å². The lowest BCUT2D eigenvalue weighted by molar-refractivity contribution is -0.143. The molecule has 0 amide bonds. The molecule has 3 aromatic rings. The van der Waals surface area contributed by atoms with Crippen molar-refractivity contribution in [3.05, 3.63) is 69.5 Å². The summed E-state index contributed by atoms with van der Waals surface area (Å²) in [6.07, 6.45) is 5.55. The van der Waals surface area contributed by atoms with Gasteiger partial charge in [0.2, 0.25) is 4.87 Å². The second-order valence-corrected chi connectivity index (χ2v) is 9.99. The van der Waals surface area contributed by atoms with Crippen LogP contribution in [0.2, 0.25) is 5.02 Å². The predicted octanol–water partition coefficient (Wildman–Crippen LogP) is 4.68. The molecule has 1 saturated heterocycles. The molecule has 0 spiro atoms. The van der Waals surface area contributed by atoms with E-state index in [9.17, 15) is 9.59 Å². The number of pyridine rings is 1. The molecule has 0 radical (unpaired) electrons. The van der Waals surface area contributed by atoms with Crippen LogP contribution in [-0.2, 0) is 16.0 Å². The summed E-state index contributed by atoms with van der Waals surface area (Å²) >= 11 is 7.78. The van der Waals surface area contributed by atoms with Crippen LogP contribution in [0.25, 0.3) is 16.5 Å². The molecule has 8 heteroatoms. The lowest BCUT2D eigenvalue weighted by atomic mass is 10.0. The number of hydrogen-bond donors (Lipinski definition) is 0. The topological polar surface area (TPSA) is 63.9 Å². The van der Waals surface area contributed by atoms with Gasteiger partial charge in [-0.05, 0) is 48.4 Å². The van der Waals surface area contributed by atoms with E-state index in [0.29, 0.717) is 27.5 Å². The first-order valence-electron chi connectivity index (χ1n) is 11.0. The minimum atomic E-state index is -1.20. The third-order valence-corrected chi connectivity index (χ3v) is 7.94. The number of para-hydroxylation sites is 1. The van der Waals surface area contributed by atoms with E-state index < -0.39 is 10.8 Å². The first kappa shape index (κ1) is 22.0. The van der Waals surface area contributed by atoms with Gasteiger partial charge in [-0.25, -0.2) is 9.79 Å². The van der Waals surface area contributed by atoms with Crippen molar-refractivity contribution in [2.75, 3.05) is 20.2 Å². The Morgan fingerprint density at radius 3 is 2.52 bits per heavy atom. The number of benzene rings is 2. The third-order valence-electron chi connectivity index (χ3n) is 6.25. The van der Waals surface area contributed by atoms with Crippen LogP contribution in [0.3, 0.4) is 0 Å². The van der Waals surface area contributed by atoms with E-state index in [4.69, 9.17) is 21.3 Å². The molecule has 0 aliphatic carbocycles. The fourth-order valence-corrected chi connectivity index (χ4v) is 6.17. The van der Waals surface area contributed by atoms with Crippen LogP contribution in [-0.4, -0.2) is 46.8 Å². The van der Waals surface area contributed by atoms with E-state index in [1.165, 1.54) is 25.3 Å². The largest absolute Gasteiger partial charge is 0.467 e. The molecule has 5 rings (SSSR count). The number of carbonyl (C=O) groups is 1. The molecule has 1 fully saturated rings. The van der Waals surface area contributed by atoms with E-state index in [0.717, 1.165) is 36.9 Å². The quantitative estimate of drug-likeness (QED) is 0.307. The Morgan fingerprint density at radius 1 is 1.09 bits per heavy atom. The standard InChI is InChI=1S/C25H24ClN3O3S/c1-32-24(31)25(27-16-28-13-7-2-8-14-28)15-19-17-9-3-4-10-18(17)22(30)29(23(19)33-25)21-12-6-5-11-20(21)26/h3-6,9-12,16H,2,7-8,13-15H2,1H3. The highest BCUT2D eigenvalue weighted by atomic mass is 35.5. The summed E-state index contributed by atoms with van der Waals surface area (Å²) in [5, 5.41) is 2.54. The summed E-state index contributed by atoms with van der Waals surface area (Å²) in [6, 6.07) is 14.7. The number of aliphatic imine (C=N–C) groups is 1. The molecule has 0 saturated carbocycles. The molecule has 33 heavy (non-hydrogen) atoms. The van der Waals surface area contributed by atoms with Gasteiger partial charge in [-0.3, -0.25) is 9.36 Å². The maximum absolute atomic E-state index is 13.6. The molecule has 170 valence electrons. The number of methoxy groups -OCH3 is 1. The zero-order chi connectivity index (χ0) is 23.0. The summed E-state index contributed by atoms with van der Waals surface area (Å²) < 4.78 is 6.83. The lowest BCUT2D eigenvalue weighted by Gasteiger charge is -2.26. The molecule has 2 aromatic carbocycles. The molecular formula is C25H24ClN3O3S. The minimum Gasteiger partial charge on any atom is -0.467 e. The summed E-state index contributed by atoms with van der Waals surface area (Å²) in [7, 11) is 1.38. The maximum atomic E-state index is 13.6. The van der Waals surface area contributed by atoms with Crippen molar-refractivity contribution in [3.63, 3.8) is 0 Å². The van der Waals surface area contributed by atoms with Gasteiger partial charge in [0, 0.05) is 24.9 Å². The van der Waals surface area contributed by atoms with Crippen molar-refractivity contribution < 1.29 is 9.53 Å². The van der Waals surface area contributed by atoms with Gasteiger partial charge < -0.3 is 9.64 Å². The van der Waals surface area contributed by atoms with Gasteiger partial charge in [-0.15, -0.1) is 0 Å². The molecule has 6 nitrogen and oxygen atoms in total. The first-order chi connectivity index (χ1) is 16.0. The summed E-state index contributed by atoms with van der Waals surface area (Å²) in [4.78, 5) is 32.5. The van der Waals surface area contributed by atoms with E-state index in [2.05, 4.69) is 4.90 Å². The van der Waals surface area contributed by atoms with Crippen LogP contribution in [0.1, 0.15) is 24.8 Å². The molecule has 0 bridgehead atoms. The maximum Gasteiger partial charge on any atom is 0.345 e. The normalized spacial score (nSPS) is 20.4. The number of rotatable bonds is 4. The van der Waals surface area contributed by atoms with Gasteiger partial charge in [0.15, 0.2) is 0 Å². The molecule has 1 aromatic heterocycles. The van der Waals surface area contributed by atoms with Crippen molar-refractivity contribution in [3.8, 4) is 5.69 Å². The average Bonchev–Trinajstić information content (AvgIpc) is 3.25. The Labute approximate surface area is 201 Å². The second kappa shape index (κ2) is 8.88. The van der Waals surface area contributed by atoms with Crippen molar-refractivity contribution >= 4 is 46.4 Å². The summed E-state index contributed by atoms with van der Waals surface area (Å²) in [6.45, 7) is 1.84. The Morgan fingerprint density at radius 2 is 1.79 bits per heavy atom. The number of esters is 1. The number of likely N-dealkylation sites (tertiary alicyclic amines) is 1. The number of carbonyl (C=O) groups excluding carboxylic acids is 1. The van der Waals surface area contributed by atoms with Crippen molar-refractivity contribution in [2.45, 2.75) is 35.6 Å². The van der Waals surface area contributed by atoms with Crippen LogP contribution in [0, 0.1) is 0 Å². The van der Waals surface area contributed by atoms with Crippen LogP contribution >= 0.6 is 23.4 Å². The van der Waals surface area contributed by atoms with Crippen molar-refractivity contribution in [1.29, 1.82) is 0 Å². The highest BCUT2D eigenvalue weighted by Gasteiger charge is 2.48. The van der Waals surface area contributed by atoms with Gasteiger partial charge in [-0.1, -0.05) is 53.7 Å². The minimum absolute atomic E-state index is 0.175. The summed E-state index contributed by atoms with van der Waals surface area (Å²) in [5.74, 6) is -0.431. The number of fused-ring (bicyclic) bond motifs is 3. The zero-order valence-corrected chi connectivity index (χ0v) is 19.9. The Hall–Kier alpha value is -2.77. The zero-order valence-electron chi connectivity index (χ0n) is 18.3. The number of hydrogen-bond acceptors (Lipinski definition) is 5. The molecule has 2 aliphatic heterocycles. The monoisotopic (exact) mass is 481 g/mol. The van der Waals surface area contributed by atoms with Gasteiger partial charge in [0.05, 0.1) is 29.2 Å². The number of nitrogens with zero attached hydrogens (tertiary/aromatic N) is 3. The molecular weight excluding hydrogens is 458 g/mol. The highest BCUT2D eigenvalue weighted by molar-refractivity contribution is 8.01. The highest BCUT2D eigenvalue weighted by Crippen LogP contribution is 2.49. The molecule has 1 atom stereocenters. The van der Waals surface area contributed by atoms with Crippen LogP contribution in [0.4, 0.5) is 0 Å². The van der Waals surface area contributed by atoms with Gasteiger partial charge in [0.1, 0.15) is 0 Å². The summed E-state index contributed by atoms with van der Waals surface area (Å²) in [5.41, 5.74) is 1.31. The second-order valence-electron chi connectivity index (χ2n) is 8.32. The van der Waals surface area contributed by atoms with Gasteiger partial charge in [-0.2, -0.15) is 0 Å². The van der Waals surface area contributed by atoms with Crippen LogP contribution in [0.5, 0.6) is 0 Å². The Bertz CT molecular complexity index is 1320. The first-order valence-corrected chi connectivity index (χ1v) is 12.2. The van der Waals surface area contributed by atoms with E-state index in [1.807, 2.05) is 42.5 Å². The van der Waals surface area contributed by atoms with Gasteiger partial charge >= 0.3 is 5.97 Å². The molecule has 3 heterocycles. The van der Waals surface area contributed by atoms with Gasteiger partial charge in [0.25, 0.3) is 5.56 Å². The number of ether oxygens (including phenoxy) is 1. The third kappa shape index (κ3) is 3.83. The lowest BCUT2D eigenvalue weighted by Crippen LogP contribution is -2.36. The van der Waals surface area contributed by atoms with E-state index >= 15 is 0 Å². The van der Waals surface area contributed by atoms with Crippen LogP contribution < -0.4 is 5.56 Å². The predicted molar refractivity (Wildman–Crippen MR) is 133 cm³/mol. The molecule has 1 unspecified atom stereocenters. The van der Waals surface area contributed by atoms with E-state index in [1.54, 1.807) is 17.0 Å². The van der Waals surface area contributed by atoms with Crippen molar-refractivity contribution in [1.82, 2.24) is 9.47 Å².